The summed E-state index contributed by atoms with van der Waals surface area (Å²) in [5.74, 6) is 5.53. The Morgan fingerprint density at radius 1 is 1.38 bits per heavy atom. The summed E-state index contributed by atoms with van der Waals surface area (Å²) >= 11 is 0. The van der Waals surface area contributed by atoms with Crippen LogP contribution >= 0.6 is 0 Å². The molecule has 5 heteroatoms. The molecule has 0 saturated carbocycles. The number of rotatable bonds is 8. The van der Waals surface area contributed by atoms with Gasteiger partial charge in [0.15, 0.2) is 0 Å². The van der Waals surface area contributed by atoms with Gasteiger partial charge in [-0.3, -0.25) is 10.6 Å². The SMILES string of the molecule is CCC(CC)N(CCOC)C(=O)c1cc(C)ccc1NN. The number of nitrogens with two attached hydrogens (primary N) is 1. The number of hydrazine groups is 1. The summed E-state index contributed by atoms with van der Waals surface area (Å²) in [6.45, 7) is 7.27. The average Bonchev–Trinajstić information content (AvgIpc) is 2.50. The summed E-state index contributed by atoms with van der Waals surface area (Å²) < 4.78 is 5.14. The largest absolute Gasteiger partial charge is 0.383 e. The molecule has 1 rings (SSSR count). The highest BCUT2D eigenvalue weighted by Gasteiger charge is 2.24. The first-order chi connectivity index (χ1) is 10.1. The smallest absolute Gasteiger partial charge is 0.256 e. The van der Waals surface area contributed by atoms with Crippen LogP contribution in [0.3, 0.4) is 0 Å². The number of anilines is 1. The highest BCUT2D eigenvalue weighted by Crippen LogP contribution is 2.21. The van der Waals surface area contributed by atoms with Crippen LogP contribution < -0.4 is 11.3 Å². The number of nitrogens with zero attached hydrogens (tertiary/aromatic N) is 1. The van der Waals surface area contributed by atoms with Crippen LogP contribution in [0.2, 0.25) is 0 Å². The van der Waals surface area contributed by atoms with Crippen molar-refractivity contribution in [2.24, 2.45) is 5.84 Å². The second-order valence-corrected chi connectivity index (χ2v) is 5.16. The molecule has 5 nitrogen and oxygen atoms in total. The third-order valence-corrected chi connectivity index (χ3v) is 3.74. The lowest BCUT2D eigenvalue weighted by atomic mass is 10.0. The monoisotopic (exact) mass is 293 g/mol. The van der Waals surface area contributed by atoms with Crippen molar-refractivity contribution in [2.45, 2.75) is 39.7 Å². The van der Waals surface area contributed by atoms with Crippen LogP contribution in [-0.2, 0) is 4.74 Å². The molecule has 0 bridgehead atoms. The van der Waals surface area contributed by atoms with Crippen LogP contribution in [-0.4, -0.2) is 37.1 Å². The van der Waals surface area contributed by atoms with Crippen LogP contribution in [0.25, 0.3) is 0 Å². The number of aryl methyl sites for hydroxylation is 1. The summed E-state index contributed by atoms with van der Waals surface area (Å²) in [5.41, 5.74) is 4.91. The second-order valence-electron chi connectivity index (χ2n) is 5.16. The molecule has 0 aliphatic carbocycles. The molecule has 0 fully saturated rings. The zero-order valence-electron chi connectivity index (χ0n) is 13.5. The zero-order valence-corrected chi connectivity index (χ0v) is 13.5. The molecule has 1 amide bonds. The minimum absolute atomic E-state index is 0.00241. The predicted molar refractivity (Wildman–Crippen MR) is 86.3 cm³/mol. The van der Waals surface area contributed by atoms with Crippen molar-refractivity contribution in [1.29, 1.82) is 0 Å². The van der Waals surface area contributed by atoms with Crippen LogP contribution in [0.1, 0.15) is 42.6 Å². The molecule has 0 aliphatic heterocycles. The third-order valence-electron chi connectivity index (χ3n) is 3.74. The highest BCUT2D eigenvalue weighted by molar-refractivity contribution is 6.00. The maximum absolute atomic E-state index is 12.9. The first kappa shape index (κ1) is 17.5. The Kier molecular flexibility index (Phi) is 7.19. The lowest BCUT2D eigenvalue weighted by Gasteiger charge is -2.31. The van der Waals surface area contributed by atoms with E-state index in [1.165, 1.54) is 0 Å². The Balaban J connectivity index is 3.11. The minimum atomic E-state index is -0.00241. The van der Waals surface area contributed by atoms with Crippen molar-refractivity contribution in [1.82, 2.24) is 4.90 Å². The second kappa shape index (κ2) is 8.64. The molecular weight excluding hydrogens is 266 g/mol. The molecule has 0 radical (unpaired) electrons. The topological polar surface area (TPSA) is 67.6 Å². The molecule has 118 valence electrons. The van der Waals surface area contributed by atoms with E-state index in [-0.39, 0.29) is 11.9 Å². The van der Waals surface area contributed by atoms with Gasteiger partial charge in [-0.2, -0.15) is 0 Å². The Morgan fingerprint density at radius 2 is 2.05 bits per heavy atom. The van der Waals surface area contributed by atoms with Crippen molar-refractivity contribution in [3.05, 3.63) is 29.3 Å². The van der Waals surface area contributed by atoms with E-state index < -0.39 is 0 Å². The van der Waals surface area contributed by atoms with E-state index in [9.17, 15) is 4.79 Å². The van der Waals surface area contributed by atoms with Gasteiger partial charge in [-0.1, -0.05) is 25.5 Å². The van der Waals surface area contributed by atoms with E-state index in [4.69, 9.17) is 10.6 Å². The van der Waals surface area contributed by atoms with Gasteiger partial charge < -0.3 is 15.1 Å². The molecule has 1 aromatic rings. The normalized spacial score (nSPS) is 10.8. The Hall–Kier alpha value is -1.59. The number of carbonyl (C=O) groups is 1. The number of amides is 1. The minimum Gasteiger partial charge on any atom is -0.383 e. The molecule has 0 heterocycles. The molecule has 0 unspecified atom stereocenters. The fourth-order valence-corrected chi connectivity index (χ4v) is 2.48. The van der Waals surface area contributed by atoms with Gasteiger partial charge in [0.2, 0.25) is 0 Å². The molecule has 0 atom stereocenters. The van der Waals surface area contributed by atoms with Gasteiger partial charge in [-0.05, 0) is 31.9 Å². The Bertz CT molecular complexity index is 459. The molecular formula is C16H27N3O2. The van der Waals surface area contributed by atoms with Crippen molar-refractivity contribution in [3.63, 3.8) is 0 Å². The highest BCUT2D eigenvalue weighted by atomic mass is 16.5. The first-order valence-electron chi connectivity index (χ1n) is 7.46. The molecule has 0 aromatic heterocycles. The standard InChI is InChI=1S/C16H27N3O2/c1-5-13(6-2)19(9-10-21-4)16(20)14-11-12(3)7-8-15(14)18-17/h7-8,11,13,18H,5-6,9-10,17H2,1-4H3. The number of benzene rings is 1. The quantitative estimate of drug-likeness (QED) is 0.571. The average molecular weight is 293 g/mol. The number of carbonyl (C=O) groups excluding carboxylic acids is 1. The molecule has 0 spiro atoms. The van der Waals surface area contributed by atoms with Crippen molar-refractivity contribution < 1.29 is 9.53 Å². The van der Waals surface area contributed by atoms with Gasteiger partial charge in [-0.25, -0.2) is 0 Å². The third kappa shape index (κ3) is 4.44. The molecule has 1 aromatic carbocycles. The molecule has 21 heavy (non-hydrogen) atoms. The van der Waals surface area contributed by atoms with E-state index >= 15 is 0 Å². The Labute approximate surface area is 127 Å². The number of ether oxygens (including phenoxy) is 1. The van der Waals surface area contributed by atoms with Gasteiger partial charge in [0.1, 0.15) is 0 Å². The fourth-order valence-electron chi connectivity index (χ4n) is 2.48. The van der Waals surface area contributed by atoms with Gasteiger partial charge in [0.05, 0.1) is 17.9 Å². The summed E-state index contributed by atoms with van der Waals surface area (Å²) in [4.78, 5) is 14.8. The fraction of sp³-hybridized carbons (Fsp3) is 0.562. The van der Waals surface area contributed by atoms with Crippen LogP contribution in [0.4, 0.5) is 5.69 Å². The molecule has 0 aliphatic rings. The number of nitrogens with one attached hydrogen (secondary N) is 1. The number of hydrogen-bond donors (Lipinski definition) is 2. The van der Waals surface area contributed by atoms with Gasteiger partial charge in [0, 0.05) is 19.7 Å². The molecule has 3 N–H and O–H groups in total. The Morgan fingerprint density at radius 3 is 2.57 bits per heavy atom. The number of methoxy groups -OCH3 is 1. The van der Waals surface area contributed by atoms with E-state index in [1.54, 1.807) is 7.11 Å². The van der Waals surface area contributed by atoms with Crippen LogP contribution in [0.15, 0.2) is 18.2 Å². The zero-order chi connectivity index (χ0) is 15.8. The molecule has 0 saturated heterocycles. The number of hydrogen-bond acceptors (Lipinski definition) is 4. The van der Waals surface area contributed by atoms with E-state index in [1.807, 2.05) is 30.0 Å². The summed E-state index contributed by atoms with van der Waals surface area (Å²) in [6.07, 6.45) is 1.84. The van der Waals surface area contributed by atoms with Crippen LogP contribution in [0.5, 0.6) is 0 Å². The van der Waals surface area contributed by atoms with Gasteiger partial charge >= 0.3 is 0 Å². The summed E-state index contributed by atoms with van der Waals surface area (Å²) in [6, 6.07) is 5.85. The van der Waals surface area contributed by atoms with Gasteiger partial charge in [0.25, 0.3) is 5.91 Å². The van der Waals surface area contributed by atoms with E-state index in [0.29, 0.717) is 24.4 Å². The van der Waals surface area contributed by atoms with Crippen LogP contribution in [0, 0.1) is 6.92 Å². The number of nitrogen functional groups attached to an aromatic ring is 1. The summed E-state index contributed by atoms with van der Waals surface area (Å²) in [7, 11) is 1.65. The van der Waals surface area contributed by atoms with Crippen molar-refractivity contribution >= 4 is 11.6 Å². The van der Waals surface area contributed by atoms with E-state index in [2.05, 4.69) is 19.3 Å². The predicted octanol–water partition coefficient (Wildman–Crippen LogP) is 2.56. The van der Waals surface area contributed by atoms with Gasteiger partial charge in [-0.15, -0.1) is 0 Å². The van der Waals surface area contributed by atoms with Crippen molar-refractivity contribution in [2.75, 3.05) is 25.7 Å². The summed E-state index contributed by atoms with van der Waals surface area (Å²) in [5, 5.41) is 0. The van der Waals surface area contributed by atoms with Crippen molar-refractivity contribution in [3.8, 4) is 0 Å². The maximum atomic E-state index is 12.9. The van der Waals surface area contributed by atoms with E-state index in [0.717, 1.165) is 18.4 Å². The maximum Gasteiger partial charge on any atom is 0.256 e. The lowest BCUT2D eigenvalue weighted by molar-refractivity contribution is 0.0590. The lowest BCUT2D eigenvalue weighted by Crippen LogP contribution is -2.42. The first-order valence-corrected chi connectivity index (χ1v) is 7.46.